The number of nitriles is 1. The average Bonchev–Trinajstić information content (AvgIpc) is 2.84. The third-order valence-electron chi connectivity index (χ3n) is 5.35. The van der Waals surface area contributed by atoms with Crippen LogP contribution in [-0.2, 0) is 6.54 Å². The number of rotatable bonds is 5. The van der Waals surface area contributed by atoms with Crippen molar-refractivity contribution < 1.29 is 4.79 Å². The molecule has 31 heavy (non-hydrogen) atoms. The van der Waals surface area contributed by atoms with Gasteiger partial charge in [0.15, 0.2) is 0 Å². The molecule has 7 nitrogen and oxygen atoms in total. The molecule has 2 amide bonds. The molecule has 0 bridgehead atoms. The number of aromatic nitrogens is 1. The summed E-state index contributed by atoms with van der Waals surface area (Å²) in [5.74, 6) is 0. The van der Waals surface area contributed by atoms with E-state index in [4.69, 9.17) is 5.26 Å². The van der Waals surface area contributed by atoms with E-state index in [0.717, 1.165) is 37.4 Å². The number of hydrogen-bond donors (Lipinski definition) is 2. The molecule has 0 radical (unpaired) electrons. The number of nitrogens with one attached hydrogen (secondary N) is 2. The van der Waals surface area contributed by atoms with E-state index in [1.807, 2.05) is 42.7 Å². The number of piperazine rings is 1. The molecule has 0 spiro atoms. The maximum atomic E-state index is 12.3. The molecule has 4 rings (SSSR count). The summed E-state index contributed by atoms with van der Waals surface area (Å²) in [5, 5.41) is 14.6. The van der Waals surface area contributed by atoms with Crippen LogP contribution in [0.15, 0.2) is 73.1 Å². The zero-order valence-corrected chi connectivity index (χ0v) is 17.2. The van der Waals surface area contributed by atoms with E-state index in [2.05, 4.69) is 37.6 Å². The Bertz CT molecular complexity index is 1050. The van der Waals surface area contributed by atoms with E-state index in [0.29, 0.717) is 17.8 Å². The zero-order chi connectivity index (χ0) is 21.5. The summed E-state index contributed by atoms with van der Waals surface area (Å²) in [4.78, 5) is 21.1. The number of carbonyl (C=O) groups excluding carboxylic acids is 1. The van der Waals surface area contributed by atoms with Crippen LogP contribution in [0.2, 0.25) is 0 Å². The molecule has 3 aromatic rings. The van der Waals surface area contributed by atoms with Gasteiger partial charge in [0.2, 0.25) is 0 Å². The molecule has 1 aromatic heterocycles. The van der Waals surface area contributed by atoms with Crippen LogP contribution in [-0.4, -0.2) is 37.2 Å². The predicted molar refractivity (Wildman–Crippen MR) is 122 cm³/mol. The summed E-state index contributed by atoms with van der Waals surface area (Å²) >= 11 is 0. The van der Waals surface area contributed by atoms with Crippen molar-refractivity contribution in [3.05, 3.63) is 84.2 Å². The zero-order valence-electron chi connectivity index (χ0n) is 17.2. The van der Waals surface area contributed by atoms with E-state index >= 15 is 0 Å². The average molecular weight is 412 g/mol. The van der Waals surface area contributed by atoms with Crippen LogP contribution in [0.5, 0.6) is 0 Å². The molecule has 2 aromatic carbocycles. The summed E-state index contributed by atoms with van der Waals surface area (Å²) in [6.45, 7) is 4.13. The molecular weight excluding hydrogens is 388 g/mol. The topological polar surface area (TPSA) is 84.3 Å². The SMILES string of the molecule is N#Cc1ccc(NC(=O)NCc2ccccc2N2CCN(c3ccncc3)CC2)cc1. The minimum Gasteiger partial charge on any atom is -0.368 e. The second-order valence-electron chi connectivity index (χ2n) is 7.31. The Hall–Kier alpha value is -4.05. The van der Waals surface area contributed by atoms with Crippen molar-refractivity contribution >= 4 is 23.1 Å². The summed E-state index contributed by atoms with van der Waals surface area (Å²) in [6.07, 6.45) is 3.65. The standard InChI is InChI=1S/C24H24N6O/c25-17-19-5-7-21(8-6-19)28-24(31)27-18-20-3-1-2-4-23(20)30-15-13-29(14-16-30)22-9-11-26-12-10-22/h1-12H,13-16,18H2,(H2,27,28,31). The van der Waals surface area contributed by atoms with E-state index in [9.17, 15) is 4.79 Å². The molecule has 0 saturated carbocycles. The highest BCUT2D eigenvalue weighted by Crippen LogP contribution is 2.23. The Morgan fingerprint density at radius 2 is 1.61 bits per heavy atom. The van der Waals surface area contributed by atoms with Gasteiger partial charge < -0.3 is 20.4 Å². The van der Waals surface area contributed by atoms with Crippen molar-refractivity contribution in [1.29, 1.82) is 5.26 Å². The Morgan fingerprint density at radius 1 is 0.935 bits per heavy atom. The molecule has 0 aliphatic carbocycles. The number of nitrogens with zero attached hydrogens (tertiary/aromatic N) is 4. The van der Waals surface area contributed by atoms with Gasteiger partial charge in [0, 0.05) is 62.2 Å². The van der Waals surface area contributed by atoms with Gasteiger partial charge in [-0.15, -0.1) is 0 Å². The number of para-hydroxylation sites is 1. The summed E-state index contributed by atoms with van der Waals surface area (Å²) in [5.41, 5.74) is 4.63. The lowest BCUT2D eigenvalue weighted by atomic mass is 10.1. The van der Waals surface area contributed by atoms with Crippen LogP contribution >= 0.6 is 0 Å². The molecule has 1 fully saturated rings. The number of pyridine rings is 1. The smallest absolute Gasteiger partial charge is 0.319 e. The van der Waals surface area contributed by atoms with E-state index in [1.54, 1.807) is 24.3 Å². The maximum absolute atomic E-state index is 12.3. The molecule has 1 saturated heterocycles. The van der Waals surface area contributed by atoms with Gasteiger partial charge in [-0.25, -0.2) is 4.79 Å². The van der Waals surface area contributed by atoms with Gasteiger partial charge in [-0.05, 0) is 48.0 Å². The molecule has 1 aliphatic heterocycles. The van der Waals surface area contributed by atoms with Crippen LogP contribution in [0.25, 0.3) is 0 Å². The normalized spacial score (nSPS) is 13.4. The van der Waals surface area contributed by atoms with Gasteiger partial charge in [0.1, 0.15) is 0 Å². The fourth-order valence-electron chi connectivity index (χ4n) is 3.71. The molecular formula is C24H24N6O. The van der Waals surface area contributed by atoms with E-state index in [-0.39, 0.29) is 6.03 Å². The highest BCUT2D eigenvalue weighted by atomic mass is 16.2. The number of hydrogen-bond acceptors (Lipinski definition) is 5. The largest absolute Gasteiger partial charge is 0.368 e. The van der Waals surface area contributed by atoms with Gasteiger partial charge in [0.25, 0.3) is 0 Å². The molecule has 2 heterocycles. The minimum atomic E-state index is -0.276. The van der Waals surface area contributed by atoms with Crippen LogP contribution in [0, 0.1) is 11.3 Å². The molecule has 156 valence electrons. The third kappa shape index (κ3) is 5.11. The van der Waals surface area contributed by atoms with Gasteiger partial charge in [-0.1, -0.05) is 18.2 Å². The lowest BCUT2D eigenvalue weighted by Gasteiger charge is -2.38. The van der Waals surface area contributed by atoms with Crippen molar-refractivity contribution in [1.82, 2.24) is 10.3 Å². The Kier molecular flexibility index (Phi) is 6.29. The highest BCUT2D eigenvalue weighted by Gasteiger charge is 2.19. The van der Waals surface area contributed by atoms with Gasteiger partial charge in [-0.3, -0.25) is 4.98 Å². The number of amides is 2. The summed E-state index contributed by atoms with van der Waals surface area (Å²) in [7, 11) is 0. The van der Waals surface area contributed by atoms with Crippen LogP contribution < -0.4 is 20.4 Å². The van der Waals surface area contributed by atoms with E-state index < -0.39 is 0 Å². The fourth-order valence-corrected chi connectivity index (χ4v) is 3.71. The highest BCUT2D eigenvalue weighted by molar-refractivity contribution is 5.89. The second kappa shape index (κ2) is 9.63. The first-order valence-corrected chi connectivity index (χ1v) is 10.3. The lowest BCUT2D eigenvalue weighted by molar-refractivity contribution is 0.251. The summed E-state index contributed by atoms with van der Waals surface area (Å²) < 4.78 is 0. The Balaban J connectivity index is 1.34. The monoisotopic (exact) mass is 412 g/mol. The van der Waals surface area contributed by atoms with Crippen LogP contribution in [0.1, 0.15) is 11.1 Å². The molecule has 0 unspecified atom stereocenters. The van der Waals surface area contributed by atoms with E-state index in [1.165, 1.54) is 5.69 Å². The van der Waals surface area contributed by atoms with Crippen molar-refractivity contribution in [2.75, 3.05) is 41.3 Å². The quantitative estimate of drug-likeness (QED) is 0.669. The number of anilines is 3. The van der Waals surface area contributed by atoms with Crippen LogP contribution in [0.3, 0.4) is 0 Å². The van der Waals surface area contributed by atoms with Gasteiger partial charge in [-0.2, -0.15) is 5.26 Å². The number of urea groups is 1. The molecule has 2 N–H and O–H groups in total. The second-order valence-corrected chi connectivity index (χ2v) is 7.31. The number of benzene rings is 2. The van der Waals surface area contributed by atoms with Crippen LogP contribution in [0.4, 0.5) is 21.9 Å². The summed E-state index contributed by atoms with van der Waals surface area (Å²) in [6, 6.07) is 20.8. The minimum absolute atomic E-state index is 0.276. The predicted octanol–water partition coefficient (Wildman–Crippen LogP) is 3.60. The lowest BCUT2D eigenvalue weighted by Crippen LogP contribution is -2.47. The Morgan fingerprint density at radius 3 is 2.32 bits per heavy atom. The fraction of sp³-hybridized carbons (Fsp3) is 0.208. The third-order valence-corrected chi connectivity index (χ3v) is 5.35. The van der Waals surface area contributed by atoms with Crippen molar-refractivity contribution in [3.63, 3.8) is 0 Å². The first kappa shape index (κ1) is 20.2. The number of carbonyl (C=O) groups is 1. The van der Waals surface area contributed by atoms with Crippen molar-refractivity contribution in [2.45, 2.75) is 6.54 Å². The van der Waals surface area contributed by atoms with Gasteiger partial charge >= 0.3 is 6.03 Å². The first-order chi connectivity index (χ1) is 15.2. The Labute approximate surface area is 181 Å². The molecule has 1 aliphatic rings. The molecule has 0 atom stereocenters. The first-order valence-electron chi connectivity index (χ1n) is 10.3. The van der Waals surface area contributed by atoms with Crippen molar-refractivity contribution in [3.8, 4) is 6.07 Å². The van der Waals surface area contributed by atoms with Crippen molar-refractivity contribution in [2.24, 2.45) is 0 Å². The van der Waals surface area contributed by atoms with Gasteiger partial charge in [0.05, 0.1) is 11.6 Å². The maximum Gasteiger partial charge on any atom is 0.319 e. The molecule has 7 heteroatoms.